The molecule has 0 aliphatic rings. The molecule has 2 rings (SSSR count). The molecule has 0 radical (unpaired) electrons. The van der Waals surface area contributed by atoms with Gasteiger partial charge >= 0.3 is 6.61 Å². The molecule has 0 saturated heterocycles. The number of furan rings is 1. The molecule has 0 aliphatic heterocycles. The minimum atomic E-state index is -2.85. The molecular formula is C12H10F2O3. The van der Waals surface area contributed by atoms with Gasteiger partial charge in [0.15, 0.2) is 0 Å². The summed E-state index contributed by atoms with van der Waals surface area (Å²) >= 11 is 0. The number of ether oxygens (including phenoxy) is 1. The second-order valence-corrected chi connectivity index (χ2v) is 3.41. The second kappa shape index (κ2) is 4.97. The van der Waals surface area contributed by atoms with Crippen molar-refractivity contribution in [2.75, 3.05) is 0 Å². The van der Waals surface area contributed by atoms with Crippen LogP contribution in [0, 0.1) is 0 Å². The molecule has 3 nitrogen and oxygen atoms in total. The van der Waals surface area contributed by atoms with E-state index in [9.17, 15) is 13.9 Å². The van der Waals surface area contributed by atoms with Gasteiger partial charge in [0.1, 0.15) is 11.9 Å². The molecule has 1 unspecified atom stereocenters. The molecule has 17 heavy (non-hydrogen) atoms. The van der Waals surface area contributed by atoms with E-state index in [0.29, 0.717) is 11.1 Å². The Balaban J connectivity index is 2.12. The van der Waals surface area contributed by atoms with Crippen LogP contribution in [0.15, 0.2) is 47.3 Å². The van der Waals surface area contributed by atoms with Crippen molar-refractivity contribution in [1.82, 2.24) is 0 Å². The molecule has 0 saturated carbocycles. The van der Waals surface area contributed by atoms with E-state index in [1.54, 1.807) is 6.07 Å². The Morgan fingerprint density at radius 3 is 2.29 bits per heavy atom. The molecule has 1 heterocycles. The van der Waals surface area contributed by atoms with Gasteiger partial charge in [-0.05, 0) is 23.8 Å². The summed E-state index contributed by atoms with van der Waals surface area (Å²) in [6.07, 6.45) is 2.04. The third kappa shape index (κ3) is 2.82. The fourth-order valence-electron chi connectivity index (χ4n) is 1.45. The summed E-state index contributed by atoms with van der Waals surface area (Å²) in [6, 6.07) is 7.44. The molecule has 0 bridgehead atoms. The monoisotopic (exact) mass is 240 g/mol. The molecule has 2 aromatic rings. The molecule has 5 heteroatoms. The number of rotatable bonds is 4. The predicted molar refractivity (Wildman–Crippen MR) is 55.8 cm³/mol. The van der Waals surface area contributed by atoms with Crippen molar-refractivity contribution in [3.05, 3.63) is 54.0 Å². The van der Waals surface area contributed by atoms with Crippen molar-refractivity contribution in [2.45, 2.75) is 12.7 Å². The van der Waals surface area contributed by atoms with Crippen LogP contribution >= 0.6 is 0 Å². The number of aliphatic hydroxyl groups is 1. The van der Waals surface area contributed by atoms with Crippen LogP contribution in [0.4, 0.5) is 8.78 Å². The lowest BCUT2D eigenvalue weighted by molar-refractivity contribution is -0.0498. The highest BCUT2D eigenvalue weighted by molar-refractivity contribution is 5.32. The van der Waals surface area contributed by atoms with E-state index in [4.69, 9.17) is 4.42 Å². The van der Waals surface area contributed by atoms with Gasteiger partial charge in [-0.3, -0.25) is 0 Å². The van der Waals surface area contributed by atoms with Crippen LogP contribution in [0.25, 0.3) is 0 Å². The van der Waals surface area contributed by atoms with Gasteiger partial charge in [-0.15, -0.1) is 0 Å². The number of aliphatic hydroxyl groups excluding tert-OH is 1. The summed E-state index contributed by atoms with van der Waals surface area (Å²) < 4.78 is 32.9. The van der Waals surface area contributed by atoms with Gasteiger partial charge in [0, 0.05) is 5.56 Å². The Morgan fingerprint density at radius 1 is 1.06 bits per heavy atom. The summed E-state index contributed by atoms with van der Waals surface area (Å²) in [4.78, 5) is 0. The third-order valence-corrected chi connectivity index (χ3v) is 2.28. The number of benzene rings is 1. The zero-order valence-electron chi connectivity index (χ0n) is 8.72. The maximum Gasteiger partial charge on any atom is 0.387 e. The van der Waals surface area contributed by atoms with Gasteiger partial charge in [0.2, 0.25) is 0 Å². The fraction of sp³-hybridized carbons (Fsp3) is 0.167. The van der Waals surface area contributed by atoms with E-state index in [-0.39, 0.29) is 5.75 Å². The number of alkyl halides is 2. The maximum atomic E-state index is 11.9. The van der Waals surface area contributed by atoms with Crippen molar-refractivity contribution in [1.29, 1.82) is 0 Å². The van der Waals surface area contributed by atoms with Crippen molar-refractivity contribution in [3.63, 3.8) is 0 Å². The van der Waals surface area contributed by atoms with Gasteiger partial charge in [0.25, 0.3) is 0 Å². The average Bonchev–Trinajstić information content (AvgIpc) is 2.82. The lowest BCUT2D eigenvalue weighted by Gasteiger charge is -2.10. The zero-order valence-corrected chi connectivity index (χ0v) is 8.72. The summed E-state index contributed by atoms with van der Waals surface area (Å²) in [5.74, 6) is 0.0585. The normalized spacial score (nSPS) is 12.7. The Kier molecular flexibility index (Phi) is 3.39. The molecule has 1 aromatic heterocycles. The van der Waals surface area contributed by atoms with Crippen LogP contribution in [0.1, 0.15) is 17.2 Å². The van der Waals surface area contributed by atoms with Crippen molar-refractivity contribution < 1.29 is 23.0 Å². The smallest absolute Gasteiger partial charge is 0.387 e. The SMILES string of the molecule is OC(c1ccc(OC(F)F)cc1)c1ccoc1. The first-order valence-electron chi connectivity index (χ1n) is 4.92. The highest BCUT2D eigenvalue weighted by Gasteiger charge is 2.12. The van der Waals surface area contributed by atoms with Crippen molar-refractivity contribution in [3.8, 4) is 5.75 Å². The van der Waals surface area contributed by atoms with Crippen LogP contribution < -0.4 is 4.74 Å². The molecule has 1 N–H and O–H groups in total. The fourth-order valence-corrected chi connectivity index (χ4v) is 1.45. The summed E-state index contributed by atoms with van der Waals surface area (Å²) in [6.45, 7) is -2.85. The second-order valence-electron chi connectivity index (χ2n) is 3.41. The Bertz CT molecular complexity index is 451. The summed E-state index contributed by atoms with van der Waals surface area (Å²) in [7, 11) is 0. The lowest BCUT2D eigenvalue weighted by atomic mass is 10.0. The highest BCUT2D eigenvalue weighted by atomic mass is 19.3. The summed E-state index contributed by atoms with van der Waals surface area (Å²) in [5.41, 5.74) is 1.18. The van der Waals surface area contributed by atoms with Crippen LogP contribution in [-0.4, -0.2) is 11.7 Å². The van der Waals surface area contributed by atoms with Gasteiger partial charge in [0.05, 0.1) is 12.5 Å². The largest absolute Gasteiger partial charge is 0.472 e. The van der Waals surface area contributed by atoms with E-state index in [1.165, 1.54) is 36.8 Å². The highest BCUT2D eigenvalue weighted by Crippen LogP contribution is 2.24. The Hall–Kier alpha value is -1.88. The zero-order chi connectivity index (χ0) is 12.3. The molecule has 0 amide bonds. The number of hydrogen-bond donors (Lipinski definition) is 1. The van der Waals surface area contributed by atoms with Gasteiger partial charge < -0.3 is 14.3 Å². The topological polar surface area (TPSA) is 42.6 Å². The lowest BCUT2D eigenvalue weighted by Crippen LogP contribution is -2.02. The molecule has 1 atom stereocenters. The van der Waals surface area contributed by atoms with Gasteiger partial charge in [-0.25, -0.2) is 0 Å². The van der Waals surface area contributed by atoms with Crippen molar-refractivity contribution in [2.24, 2.45) is 0 Å². The maximum absolute atomic E-state index is 11.9. The molecule has 1 aromatic carbocycles. The first-order chi connectivity index (χ1) is 8.16. The summed E-state index contributed by atoms with van der Waals surface area (Å²) in [5, 5.41) is 9.90. The predicted octanol–water partition coefficient (Wildman–Crippen LogP) is 2.96. The quantitative estimate of drug-likeness (QED) is 0.893. The number of halogens is 2. The van der Waals surface area contributed by atoms with Crippen LogP contribution in [0.5, 0.6) is 5.75 Å². The molecule has 0 aliphatic carbocycles. The standard InChI is InChI=1S/C12H10F2O3/c13-12(14)17-10-3-1-8(2-4-10)11(15)9-5-6-16-7-9/h1-7,11-12,15H. The Labute approximate surface area is 96.3 Å². The Morgan fingerprint density at radius 2 is 1.76 bits per heavy atom. The molecule has 0 fully saturated rings. The van der Waals surface area contributed by atoms with E-state index < -0.39 is 12.7 Å². The molecular weight excluding hydrogens is 230 g/mol. The third-order valence-electron chi connectivity index (χ3n) is 2.28. The first-order valence-corrected chi connectivity index (χ1v) is 4.92. The number of hydrogen-bond acceptors (Lipinski definition) is 3. The van der Waals surface area contributed by atoms with Crippen molar-refractivity contribution >= 4 is 0 Å². The van der Waals surface area contributed by atoms with E-state index in [1.807, 2.05) is 0 Å². The van der Waals surface area contributed by atoms with Gasteiger partial charge in [-0.2, -0.15) is 8.78 Å². The van der Waals surface area contributed by atoms with E-state index in [2.05, 4.69) is 4.74 Å². The van der Waals surface area contributed by atoms with Crippen LogP contribution in [-0.2, 0) is 0 Å². The van der Waals surface area contributed by atoms with Crippen LogP contribution in [0.2, 0.25) is 0 Å². The first kappa shape index (κ1) is 11.6. The molecule has 0 spiro atoms. The van der Waals surface area contributed by atoms with E-state index in [0.717, 1.165) is 0 Å². The molecule has 90 valence electrons. The van der Waals surface area contributed by atoms with Gasteiger partial charge in [-0.1, -0.05) is 12.1 Å². The van der Waals surface area contributed by atoms with Crippen LogP contribution in [0.3, 0.4) is 0 Å². The minimum Gasteiger partial charge on any atom is -0.472 e. The minimum absolute atomic E-state index is 0.0585. The van der Waals surface area contributed by atoms with E-state index >= 15 is 0 Å². The average molecular weight is 240 g/mol.